The van der Waals surface area contributed by atoms with Gasteiger partial charge in [-0.25, -0.2) is 4.39 Å². The Morgan fingerprint density at radius 1 is 1.47 bits per heavy atom. The Morgan fingerprint density at radius 3 is 2.94 bits per heavy atom. The molecule has 0 saturated carbocycles. The Kier molecular flexibility index (Phi) is 3.66. The zero-order chi connectivity index (χ0) is 12.4. The molecule has 4 nitrogen and oxygen atoms in total. The van der Waals surface area contributed by atoms with Gasteiger partial charge in [-0.15, -0.1) is 11.8 Å². The number of hydrogen-bond acceptors (Lipinski definition) is 4. The average Bonchev–Trinajstić information content (AvgIpc) is 2.56. The number of nitrogens with one attached hydrogen (secondary N) is 1. The van der Waals surface area contributed by atoms with E-state index in [1.165, 1.54) is 23.9 Å². The largest absolute Gasteiger partial charge is 0.396 e. The number of thioether (sulfide) groups is 1. The fourth-order valence-corrected chi connectivity index (χ4v) is 2.49. The summed E-state index contributed by atoms with van der Waals surface area (Å²) in [5.41, 5.74) is 0.731. The summed E-state index contributed by atoms with van der Waals surface area (Å²) in [7, 11) is 0. The second-order valence-corrected chi connectivity index (χ2v) is 4.82. The summed E-state index contributed by atoms with van der Waals surface area (Å²) in [4.78, 5) is 11.6. The summed E-state index contributed by atoms with van der Waals surface area (Å²) in [6.07, 6.45) is -0.702. The molecule has 1 unspecified atom stereocenters. The first-order valence-electron chi connectivity index (χ1n) is 5.19. The molecule has 92 valence electrons. The van der Waals surface area contributed by atoms with Crippen molar-refractivity contribution >= 4 is 23.4 Å². The molecule has 1 aromatic rings. The molecule has 0 aliphatic carbocycles. The molecule has 0 saturated heterocycles. The smallest absolute Gasteiger partial charge is 0.257 e. The van der Waals surface area contributed by atoms with E-state index in [1.54, 1.807) is 0 Å². The number of amides is 1. The van der Waals surface area contributed by atoms with Crippen molar-refractivity contribution in [1.29, 1.82) is 0 Å². The number of carbonyl (C=O) groups excluding carboxylic acids is 1. The predicted molar refractivity (Wildman–Crippen MR) is 62.4 cm³/mol. The van der Waals surface area contributed by atoms with Gasteiger partial charge in [-0.1, -0.05) is 0 Å². The quantitative estimate of drug-likeness (QED) is 0.561. The topological polar surface area (TPSA) is 69.6 Å². The fourth-order valence-electron chi connectivity index (χ4n) is 1.60. The summed E-state index contributed by atoms with van der Waals surface area (Å²) in [6, 6.07) is 2.69. The SMILES string of the molecule is O=C1Nc2cc(SCCCO)c(F)cc2C1O. The van der Waals surface area contributed by atoms with E-state index in [2.05, 4.69) is 5.32 Å². The number of benzene rings is 1. The number of aliphatic hydroxyl groups is 2. The summed E-state index contributed by atoms with van der Waals surface area (Å²) in [5, 5.41) is 20.6. The number of fused-ring (bicyclic) bond motifs is 1. The molecular formula is C11H12FNO3S. The van der Waals surface area contributed by atoms with E-state index >= 15 is 0 Å². The van der Waals surface area contributed by atoms with E-state index < -0.39 is 17.8 Å². The summed E-state index contributed by atoms with van der Waals surface area (Å²) in [6.45, 7) is 0.0645. The van der Waals surface area contributed by atoms with Crippen LogP contribution in [0.1, 0.15) is 18.1 Å². The van der Waals surface area contributed by atoms with E-state index in [0.717, 1.165) is 0 Å². The molecule has 1 aliphatic heterocycles. The number of hydrogen-bond donors (Lipinski definition) is 3. The maximum absolute atomic E-state index is 13.6. The third-order valence-electron chi connectivity index (χ3n) is 2.46. The first kappa shape index (κ1) is 12.3. The second-order valence-electron chi connectivity index (χ2n) is 3.69. The van der Waals surface area contributed by atoms with Gasteiger partial charge < -0.3 is 15.5 Å². The van der Waals surface area contributed by atoms with Crippen molar-refractivity contribution in [3.8, 4) is 0 Å². The van der Waals surface area contributed by atoms with Crippen LogP contribution >= 0.6 is 11.8 Å². The van der Waals surface area contributed by atoms with Crippen molar-refractivity contribution in [3.05, 3.63) is 23.5 Å². The van der Waals surface area contributed by atoms with Crippen molar-refractivity contribution < 1.29 is 19.4 Å². The molecule has 1 atom stereocenters. The molecule has 1 amide bonds. The van der Waals surface area contributed by atoms with Gasteiger partial charge in [-0.05, 0) is 18.6 Å². The van der Waals surface area contributed by atoms with Gasteiger partial charge in [0.25, 0.3) is 5.91 Å². The molecule has 6 heteroatoms. The van der Waals surface area contributed by atoms with Crippen molar-refractivity contribution in [3.63, 3.8) is 0 Å². The molecule has 0 spiro atoms. The van der Waals surface area contributed by atoms with Crippen molar-refractivity contribution in [1.82, 2.24) is 0 Å². The molecule has 1 aliphatic rings. The van der Waals surface area contributed by atoms with E-state index in [4.69, 9.17) is 5.11 Å². The van der Waals surface area contributed by atoms with Gasteiger partial charge in [-0.3, -0.25) is 4.79 Å². The Hall–Kier alpha value is -1.11. The Bertz CT molecular complexity index is 453. The van der Waals surface area contributed by atoms with Crippen molar-refractivity contribution in [2.75, 3.05) is 17.7 Å². The minimum atomic E-state index is -1.28. The highest BCUT2D eigenvalue weighted by Crippen LogP contribution is 2.36. The van der Waals surface area contributed by atoms with Gasteiger partial charge in [0.1, 0.15) is 5.82 Å². The highest BCUT2D eigenvalue weighted by molar-refractivity contribution is 7.99. The predicted octanol–water partition coefficient (Wildman–Crippen LogP) is 1.29. The van der Waals surface area contributed by atoms with Gasteiger partial charge in [0.2, 0.25) is 0 Å². The Morgan fingerprint density at radius 2 is 2.24 bits per heavy atom. The minimum absolute atomic E-state index is 0.0645. The van der Waals surface area contributed by atoms with E-state index in [1.807, 2.05) is 0 Å². The summed E-state index contributed by atoms with van der Waals surface area (Å²) < 4.78 is 13.6. The molecule has 0 bridgehead atoms. The zero-order valence-corrected chi connectivity index (χ0v) is 9.76. The number of anilines is 1. The summed E-state index contributed by atoms with van der Waals surface area (Å²) >= 11 is 1.27. The van der Waals surface area contributed by atoms with Crippen LogP contribution in [0.4, 0.5) is 10.1 Å². The Balaban J connectivity index is 2.21. The molecule has 0 aromatic heterocycles. The lowest BCUT2D eigenvalue weighted by molar-refractivity contribution is -0.123. The van der Waals surface area contributed by atoms with Gasteiger partial charge >= 0.3 is 0 Å². The highest BCUT2D eigenvalue weighted by Gasteiger charge is 2.29. The van der Waals surface area contributed by atoms with Gasteiger partial charge in [-0.2, -0.15) is 0 Å². The number of rotatable bonds is 4. The second kappa shape index (κ2) is 5.03. The Labute approximate surface area is 102 Å². The van der Waals surface area contributed by atoms with Gasteiger partial charge in [0.05, 0.1) is 0 Å². The lowest BCUT2D eigenvalue weighted by atomic mass is 10.1. The van der Waals surface area contributed by atoms with Crippen LogP contribution in [-0.4, -0.2) is 28.5 Å². The number of carbonyl (C=O) groups is 1. The molecule has 2 rings (SSSR count). The molecule has 3 N–H and O–H groups in total. The molecule has 17 heavy (non-hydrogen) atoms. The standard InChI is InChI=1S/C11H12FNO3S/c12-7-4-6-8(13-11(16)10(6)15)5-9(7)17-3-1-2-14/h4-5,10,14-15H,1-3H2,(H,13,16). The monoisotopic (exact) mass is 257 g/mol. The lowest BCUT2D eigenvalue weighted by Crippen LogP contribution is -2.10. The number of halogens is 1. The molecule has 1 heterocycles. The van der Waals surface area contributed by atoms with Crippen LogP contribution in [0.15, 0.2) is 17.0 Å². The van der Waals surface area contributed by atoms with Crippen LogP contribution in [0.2, 0.25) is 0 Å². The average molecular weight is 257 g/mol. The summed E-state index contributed by atoms with van der Waals surface area (Å²) in [5.74, 6) is -0.387. The molecule has 0 fully saturated rings. The zero-order valence-electron chi connectivity index (χ0n) is 8.94. The van der Waals surface area contributed by atoms with Crippen molar-refractivity contribution in [2.45, 2.75) is 17.4 Å². The highest BCUT2D eigenvalue weighted by atomic mass is 32.2. The van der Waals surface area contributed by atoms with E-state index in [0.29, 0.717) is 22.8 Å². The van der Waals surface area contributed by atoms with Gasteiger partial charge in [0, 0.05) is 28.5 Å². The maximum Gasteiger partial charge on any atom is 0.257 e. The normalized spacial score (nSPS) is 18.1. The first-order valence-corrected chi connectivity index (χ1v) is 6.18. The third-order valence-corrected chi connectivity index (χ3v) is 3.58. The van der Waals surface area contributed by atoms with Crippen LogP contribution in [0.5, 0.6) is 0 Å². The van der Waals surface area contributed by atoms with E-state index in [9.17, 15) is 14.3 Å². The molecule has 1 aromatic carbocycles. The first-order chi connectivity index (χ1) is 8.13. The van der Waals surface area contributed by atoms with Crippen molar-refractivity contribution in [2.24, 2.45) is 0 Å². The molecule has 0 radical (unpaired) electrons. The fraction of sp³-hybridized carbons (Fsp3) is 0.364. The lowest BCUT2D eigenvalue weighted by Gasteiger charge is -2.06. The number of aliphatic hydroxyl groups excluding tert-OH is 2. The minimum Gasteiger partial charge on any atom is -0.396 e. The van der Waals surface area contributed by atoms with Crippen LogP contribution in [0.3, 0.4) is 0 Å². The van der Waals surface area contributed by atoms with Crippen LogP contribution in [0, 0.1) is 5.82 Å². The van der Waals surface area contributed by atoms with Crippen LogP contribution < -0.4 is 5.32 Å². The van der Waals surface area contributed by atoms with Crippen LogP contribution in [-0.2, 0) is 4.79 Å². The maximum atomic E-state index is 13.6. The molecular weight excluding hydrogens is 245 g/mol. The van der Waals surface area contributed by atoms with Crippen LogP contribution in [0.25, 0.3) is 0 Å². The van der Waals surface area contributed by atoms with E-state index in [-0.39, 0.29) is 12.2 Å². The third kappa shape index (κ3) is 2.43. The van der Waals surface area contributed by atoms with Gasteiger partial charge in [0.15, 0.2) is 6.10 Å².